The Morgan fingerprint density at radius 3 is 2.41 bits per heavy atom. The van der Waals surface area contributed by atoms with E-state index in [0.717, 1.165) is 67.7 Å². The molecule has 1 aromatic heterocycles. The van der Waals surface area contributed by atoms with Crippen LogP contribution in [0.4, 0.5) is 5.69 Å². The molecule has 0 bridgehead atoms. The van der Waals surface area contributed by atoms with Gasteiger partial charge in [0.15, 0.2) is 11.6 Å². The van der Waals surface area contributed by atoms with Crippen LogP contribution in [0.3, 0.4) is 0 Å². The van der Waals surface area contributed by atoms with E-state index in [1.54, 1.807) is 0 Å². The standard InChI is InChI=1S/C29H35N5O3/c1-21(2)32-9-11-33(12-10-32)24-6-3-22(4-7-24)23-5-8-26-28(17-23)37-20-29-30-25(18-34(26)29)27(35)19-31-13-15-36-16-14-31/h3-8,17-18,21H,9-16,19-20H2,1-2H3. The third-order valence-corrected chi connectivity index (χ3v) is 7.72. The molecule has 2 saturated heterocycles. The van der Waals surface area contributed by atoms with Gasteiger partial charge in [-0.3, -0.25) is 19.2 Å². The molecule has 3 aromatic rings. The molecule has 2 aromatic carbocycles. The number of morpholine rings is 1. The first-order valence-electron chi connectivity index (χ1n) is 13.3. The first-order chi connectivity index (χ1) is 18.0. The fraction of sp³-hybridized carbons (Fsp3) is 0.448. The molecule has 0 spiro atoms. The number of nitrogens with zero attached hydrogens (tertiary/aromatic N) is 5. The Labute approximate surface area is 218 Å². The van der Waals surface area contributed by atoms with E-state index in [1.165, 1.54) is 5.69 Å². The van der Waals surface area contributed by atoms with E-state index in [4.69, 9.17) is 9.47 Å². The zero-order valence-corrected chi connectivity index (χ0v) is 21.7. The largest absolute Gasteiger partial charge is 0.483 e. The van der Waals surface area contributed by atoms with Gasteiger partial charge in [0.2, 0.25) is 0 Å². The number of aromatic nitrogens is 2. The lowest BCUT2D eigenvalue weighted by Crippen LogP contribution is -2.48. The van der Waals surface area contributed by atoms with Gasteiger partial charge in [-0.15, -0.1) is 0 Å². The molecule has 6 rings (SSSR count). The van der Waals surface area contributed by atoms with Gasteiger partial charge in [0, 0.05) is 57.2 Å². The molecule has 8 nitrogen and oxygen atoms in total. The number of benzene rings is 2. The molecule has 2 fully saturated rings. The average Bonchev–Trinajstić information content (AvgIpc) is 3.39. The van der Waals surface area contributed by atoms with Gasteiger partial charge in [-0.2, -0.15) is 0 Å². The highest BCUT2D eigenvalue weighted by Gasteiger charge is 2.24. The number of anilines is 1. The third kappa shape index (κ3) is 5.01. The molecule has 8 heteroatoms. The number of fused-ring (bicyclic) bond motifs is 3. The summed E-state index contributed by atoms with van der Waals surface area (Å²) in [6, 6.07) is 15.7. The Morgan fingerprint density at radius 2 is 1.68 bits per heavy atom. The van der Waals surface area contributed by atoms with E-state index < -0.39 is 0 Å². The highest BCUT2D eigenvalue weighted by atomic mass is 16.5. The van der Waals surface area contributed by atoms with Crippen molar-refractivity contribution >= 4 is 11.5 Å². The number of Topliss-reactive ketones (excluding diaryl/α,β-unsaturated/α-hetero) is 1. The van der Waals surface area contributed by atoms with E-state index in [-0.39, 0.29) is 5.78 Å². The Hall–Kier alpha value is -3.20. The zero-order chi connectivity index (χ0) is 25.4. The molecule has 3 aliphatic rings. The van der Waals surface area contributed by atoms with Gasteiger partial charge < -0.3 is 14.4 Å². The normalized spacial score (nSPS) is 18.4. The molecule has 0 amide bonds. The summed E-state index contributed by atoms with van der Waals surface area (Å²) >= 11 is 0. The molecule has 0 unspecified atom stereocenters. The summed E-state index contributed by atoms with van der Waals surface area (Å²) in [7, 11) is 0. The minimum Gasteiger partial charge on any atom is -0.483 e. The smallest absolute Gasteiger partial charge is 0.196 e. The quantitative estimate of drug-likeness (QED) is 0.479. The van der Waals surface area contributed by atoms with Gasteiger partial charge in [-0.05, 0) is 49.2 Å². The fourth-order valence-corrected chi connectivity index (χ4v) is 5.42. The number of hydrogen-bond acceptors (Lipinski definition) is 7. The number of imidazole rings is 1. The van der Waals surface area contributed by atoms with Crippen LogP contribution in [0.1, 0.15) is 30.2 Å². The van der Waals surface area contributed by atoms with Gasteiger partial charge in [0.1, 0.15) is 18.1 Å². The second-order valence-corrected chi connectivity index (χ2v) is 10.4. The van der Waals surface area contributed by atoms with Gasteiger partial charge in [-0.25, -0.2) is 4.98 Å². The van der Waals surface area contributed by atoms with Crippen LogP contribution in [0.5, 0.6) is 5.75 Å². The maximum atomic E-state index is 12.9. The lowest BCUT2D eigenvalue weighted by molar-refractivity contribution is 0.0370. The number of piperazine rings is 1. The van der Waals surface area contributed by atoms with Gasteiger partial charge in [-0.1, -0.05) is 18.2 Å². The summed E-state index contributed by atoms with van der Waals surface area (Å²) in [5, 5.41) is 0. The molecule has 0 saturated carbocycles. The maximum absolute atomic E-state index is 12.9. The minimum absolute atomic E-state index is 0.0349. The van der Waals surface area contributed by atoms with E-state index in [9.17, 15) is 4.79 Å². The number of ketones is 1. The van der Waals surface area contributed by atoms with Crippen LogP contribution in [0, 0.1) is 0 Å². The van der Waals surface area contributed by atoms with Gasteiger partial charge in [0.05, 0.1) is 25.4 Å². The average molecular weight is 502 g/mol. The summed E-state index contributed by atoms with van der Waals surface area (Å²) in [5.41, 5.74) is 4.96. The van der Waals surface area contributed by atoms with Crippen LogP contribution >= 0.6 is 0 Å². The SMILES string of the molecule is CC(C)N1CCN(c2ccc(-c3ccc4c(c3)OCc3nc(C(=O)CN5CCOCC5)cn3-4)cc2)CC1. The van der Waals surface area contributed by atoms with Crippen LogP contribution in [0.25, 0.3) is 16.8 Å². The monoisotopic (exact) mass is 501 g/mol. The number of rotatable bonds is 6. The lowest BCUT2D eigenvalue weighted by Gasteiger charge is -2.38. The van der Waals surface area contributed by atoms with E-state index in [1.807, 2.05) is 10.8 Å². The third-order valence-electron chi connectivity index (χ3n) is 7.72. The van der Waals surface area contributed by atoms with E-state index in [0.29, 0.717) is 38.1 Å². The van der Waals surface area contributed by atoms with E-state index >= 15 is 0 Å². The second kappa shape index (κ2) is 10.3. The molecular weight excluding hydrogens is 466 g/mol. The Bertz CT molecular complexity index is 1260. The highest BCUT2D eigenvalue weighted by Crippen LogP contribution is 2.35. The Balaban J connectivity index is 1.16. The summed E-state index contributed by atoms with van der Waals surface area (Å²) in [5.74, 6) is 1.60. The summed E-state index contributed by atoms with van der Waals surface area (Å²) in [6.07, 6.45) is 1.85. The number of carbonyl (C=O) groups excluding carboxylic acids is 1. The molecule has 0 atom stereocenters. The van der Waals surface area contributed by atoms with E-state index in [2.05, 4.69) is 76.0 Å². The lowest BCUT2D eigenvalue weighted by atomic mass is 10.0. The van der Waals surface area contributed by atoms with Crippen molar-refractivity contribution in [3.05, 3.63) is 60.2 Å². The van der Waals surface area contributed by atoms with Crippen molar-refractivity contribution in [2.45, 2.75) is 26.5 Å². The molecule has 4 heterocycles. The van der Waals surface area contributed by atoms with Crippen molar-refractivity contribution < 1.29 is 14.3 Å². The van der Waals surface area contributed by atoms with Crippen LogP contribution in [0.15, 0.2) is 48.7 Å². The van der Waals surface area contributed by atoms with Crippen LogP contribution in [-0.4, -0.2) is 90.2 Å². The number of ether oxygens (including phenoxy) is 2. The fourth-order valence-electron chi connectivity index (χ4n) is 5.42. The van der Waals surface area contributed by atoms with Crippen molar-refractivity contribution in [2.24, 2.45) is 0 Å². The first kappa shape index (κ1) is 24.2. The Kier molecular flexibility index (Phi) is 6.71. The summed E-state index contributed by atoms with van der Waals surface area (Å²) in [6.45, 7) is 12.5. The van der Waals surface area contributed by atoms with Crippen molar-refractivity contribution in [1.82, 2.24) is 19.4 Å². The molecule has 194 valence electrons. The van der Waals surface area contributed by atoms with Crippen molar-refractivity contribution in [3.8, 4) is 22.6 Å². The topological polar surface area (TPSA) is 63.1 Å². The van der Waals surface area contributed by atoms with Crippen molar-refractivity contribution in [1.29, 1.82) is 0 Å². The predicted octanol–water partition coefficient (Wildman–Crippen LogP) is 3.48. The minimum atomic E-state index is 0.0349. The summed E-state index contributed by atoms with van der Waals surface area (Å²) < 4.78 is 13.4. The molecule has 0 radical (unpaired) electrons. The molecule has 37 heavy (non-hydrogen) atoms. The van der Waals surface area contributed by atoms with Crippen molar-refractivity contribution in [3.63, 3.8) is 0 Å². The van der Waals surface area contributed by atoms with Crippen LogP contribution in [0.2, 0.25) is 0 Å². The molecule has 0 aliphatic carbocycles. The zero-order valence-electron chi connectivity index (χ0n) is 21.7. The second-order valence-electron chi connectivity index (χ2n) is 10.4. The van der Waals surface area contributed by atoms with Crippen LogP contribution in [-0.2, 0) is 11.3 Å². The predicted molar refractivity (Wildman–Crippen MR) is 144 cm³/mol. The van der Waals surface area contributed by atoms with Crippen molar-refractivity contribution in [2.75, 3.05) is 63.9 Å². The number of carbonyl (C=O) groups is 1. The molecule has 3 aliphatic heterocycles. The first-order valence-corrected chi connectivity index (χ1v) is 13.3. The van der Waals surface area contributed by atoms with Crippen LogP contribution < -0.4 is 9.64 Å². The molecule has 0 N–H and O–H groups in total. The van der Waals surface area contributed by atoms with Gasteiger partial charge in [0.25, 0.3) is 0 Å². The number of hydrogen-bond donors (Lipinski definition) is 0. The highest BCUT2D eigenvalue weighted by molar-refractivity contribution is 5.96. The van der Waals surface area contributed by atoms with Gasteiger partial charge >= 0.3 is 0 Å². The molecular formula is C29H35N5O3. The summed E-state index contributed by atoms with van der Waals surface area (Å²) in [4.78, 5) is 24.6. The maximum Gasteiger partial charge on any atom is 0.196 e. The Morgan fingerprint density at radius 1 is 0.946 bits per heavy atom.